The van der Waals surface area contributed by atoms with Crippen LogP contribution in [0.4, 0.5) is 5.69 Å². The molecule has 8 rings (SSSR count). The molecule has 194 valence electrons. The van der Waals surface area contributed by atoms with E-state index in [0.29, 0.717) is 5.92 Å². The van der Waals surface area contributed by atoms with Gasteiger partial charge in [0.1, 0.15) is 5.65 Å². The van der Waals surface area contributed by atoms with Crippen molar-refractivity contribution in [2.45, 2.75) is 31.3 Å². The number of aliphatic imine (C=N–C) groups is 1. The zero-order valence-electron chi connectivity index (χ0n) is 22.4. The molecule has 40 heavy (non-hydrogen) atoms. The Morgan fingerprint density at radius 1 is 0.850 bits per heavy atom. The lowest BCUT2D eigenvalue weighted by atomic mass is 9.82. The van der Waals surface area contributed by atoms with Crippen molar-refractivity contribution in [1.29, 1.82) is 0 Å². The van der Waals surface area contributed by atoms with Gasteiger partial charge in [0.15, 0.2) is 0 Å². The van der Waals surface area contributed by atoms with Crippen LogP contribution in [0.1, 0.15) is 31.0 Å². The van der Waals surface area contributed by atoms with Gasteiger partial charge in [-0.25, -0.2) is 4.98 Å². The summed E-state index contributed by atoms with van der Waals surface area (Å²) in [5.41, 5.74) is 8.56. The lowest BCUT2D eigenvalue weighted by Gasteiger charge is -2.44. The Labute approximate surface area is 232 Å². The highest BCUT2D eigenvalue weighted by Crippen LogP contribution is 2.50. The van der Waals surface area contributed by atoms with Gasteiger partial charge < -0.3 is 4.90 Å². The number of hydrogen-bond acceptors (Lipinski definition) is 5. The first kappa shape index (κ1) is 23.1. The molecular formula is C34H28N6. The number of anilines is 1. The van der Waals surface area contributed by atoms with Crippen LogP contribution in [0.3, 0.4) is 0 Å². The predicted octanol–water partition coefficient (Wildman–Crippen LogP) is 6.89. The van der Waals surface area contributed by atoms with Crippen LogP contribution in [0.5, 0.6) is 0 Å². The lowest BCUT2D eigenvalue weighted by molar-refractivity contribution is 0.459. The van der Waals surface area contributed by atoms with Crippen LogP contribution in [-0.2, 0) is 0 Å². The molecule has 0 bridgehead atoms. The molecule has 5 aromatic rings. The molecule has 6 heteroatoms. The Balaban J connectivity index is 1.13. The Morgan fingerprint density at radius 2 is 1.65 bits per heavy atom. The molecule has 6 nitrogen and oxygen atoms in total. The van der Waals surface area contributed by atoms with E-state index in [4.69, 9.17) is 9.97 Å². The standard InChI is InChI=1S/C34H28N6/c1-22-20-24(11-14-28(22)40-30-8-5-17-37-32(30)27-15-19-35-21-34(27,40)2)23-9-12-25(13-10-23)39-29-7-4-16-36-31(29)26-6-3-18-38-33(26)39/h3-22,27-28H,1-2H3. The van der Waals surface area contributed by atoms with Crippen molar-refractivity contribution in [2.24, 2.45) is 10.9 Å². The molecule has 2 aliphatic heterocycles. The van der Waals surface area contributed by atoms with Gasteiger partial charge in [-0.2, -0.15) is 0 Å². The Hall–Kier alpha value is -4.84. The third-order valence-corrected chi connectivity index (χ3v) is 8.71. The van der Waals surface area contributed by atoms with E-state index in [1.54, 1.807) is 0 Å². The number of aromatic nitrogens is 4. The lowest BCUT2D eigenvalue weighted by Crippen LogP contribution is -2.54. The molecular weight excluding hydrogens is 492 g/mol. The number of benzene rings is 1. The molecule has 0 radical (unpaired) electrons. The van der Waals surface area contributed by atoms with Crippen molar-refractivity contribution in [3.05, 3.63) is 121 Å². The SMILES string of the molecule is CC1C=C(c2ccc(-n3c4cccnc4c4cccnc43)cc2)C=CC1N1c2cccnc2C2C=CN=CC21C. The molecule has 4 unspecified atom stereocenters. The van der Waals surface area contributed by atoms with Crippen LogP contribution in [-0.4, -0.2) is 37.3 Å². The summed E-state index contributed by atoms with van der Waals surface area (Å²) < 4.78 is 2.20. The Morgan fingerprint density at radius 3 is 2.52 bits per heavy atom. The van der Waals surface area contributed by atoms with E-state index in [9.17, 15) is 0 Å². The fourth-order valence-corrected chi connectivity index (χ4v) is 6.83. The van der Waals surface area contributed by atoms with Gasteiger partial charge in [-0.05, 0) is 72.5 Å². The van der Waals surface area contributed by atoms with Crippen molar-refractivity contribution in [3.63, 3.8) is 0 Å². The summed E-state index contributed by atoms with van der Waals surface area (Å²) in [7, 11) is 0. The molecule has 0 amide bonds. The second kappa shape index (κ2) is 8.58. The van der Waals surface area contributed by atoms with Crippen LogP contribution in [0.15, 0.2) is 115 Å². The van der Waals surface area contributed by atoms with Gasteiger partial charge in [0.05, 0.1) is 39.9 Å². The normalized spacial score (nSPS) is 24.9. The minimum Gasteiger partial charge on any atom is -0.352 e. The third-order valence-electron chi connectivity index (χ3n) is 8.71. The Kier molecular flexibility index (Phi) is 4.95. The molecule has 0 N–H and O–H groups in total. The number of hydrogen-bond donors (Lipinski definition) is 0. The van der Waals surface area contributed by atoms with E-state index < -0.39 is 0 Å². The monoisotopic (exact) mass is 520 g/mol. The Bertz CT molecular complexity index is 1860. The smallest absolute Gasteiger partial charge is 0.147 e. The van der Waals surface area contributed by atoms with Gasteiger partial charge in [0, 0.05) is 42.1 Å². The number of allylic oxidation sites excluding steroid dienone is 2. The first-order chi connectivity index (χ1) is 19.6. The van der Waals surface area contributed by atoms with E-state index >= 15 is 0 Å². The van der Waals surface area contributed by atoms with Crippen LogP contribution >= 0.6 is 0 Å². The van der Waals surface area contributed by atoms with Gasteiger partial charge in [0.25, 0.3) is 0 Å². The summed E-state index contributed by atoms with van der Waals surface area (Å²) in [5.74, 6) is 0.500. The maximum Gasteiger partial charge on any atom is 0.147 e. The maximum absolute atomic E-state index is 4.78. The average Bonchev–Trinajstić information content (AvgIpc) is 3.47. The molecule has 0 saturated heterocycles. The van der Waals surface area contributed by atoms with E-state index in [-0.39, 0.29) is 17.5 Å². The molecule has 0 fully saturated rings. The van der Waals surface area contributed by atoms with Gasteiger partial charge in [-0.3, -0.25) is 19.5 Å². The minimum atomic E-state index is -0.243. The highest BCUT2D eigenvalue weighted by Gasteiger charge is 2.50. The highest BCUT2D eigenvalue weighted by atomic mass is 15.3. The molecule has 0 saturated carbocycles. The van der Waals surface area contributed by atoms with Crippen LogP contribution in [0.25, 0.3) is 33.3 Å². The third kappa shape index (κ3) is 3.22. The van der Waals surface area contributed by atoms with E-state index in [1.165, 1.54) is 16.8 Å². The second-order valence-corrected chi connectivity index (χ2v) is 11.1. The second-order valence-electron chi connectivity index (χ2n) is 11.1. The summed E-state index contributed by atoms with van der Waals surface area (Å²) in [6, 6.07) is 21.4. The molecule has 6 heterocycles. The number of fused-ring (bicyclic) bond motifs is 6. The van der Waals surface area contributed by atoms with Crippen molar-refractivity contribution in [2.75, 3.05) is 4.90 Å². The first-order valence-electron chi connectivity index (χ1n) is 13.8. The molecule has 1 aliphatic carbocycles. The van der Waals surface area contributed by atoms with Crippen molar-refractivity contribution in [3.8, 4) is 5.69 Å². The summed E-state index contributed by atoms with van der Waals surface area (Å²) in [6.07, 6.45) is 18.8. The zero-order valence-corrected chi connectivity index (χ0v) is 22.4. The van der Waals surface area contributed by atoms with Gasteiger partial charge >= 0.3 is 0 Å². The molecule has 0 spiro atoms. The summed E-state index contributed by atoms with van der Waals surface area (Å²) in [6.45, 7) is 4.59. The molecule has 4 atom stereocenters. The molecule has 1 aromatic carbocycles. The number of rotatable bonds is 3. The van der Waals surface area contributed by atoms with Crippen LogP contribution < -0.4 is 4.90 Å². The number of nitrogens with zero attached hydrogens (tertiary/aromatic N) is 6. The fraction of sp³-hybridized carbons (Fsp3) is 0.176. The van der Waals surface area contributed by atoms with Gasteiger partial charge in [0.2, 0.25) is 0 Å². The first-order valence-corrected chi connectivity index (χ1v) is 13.8. The summed E-state index contributed by atoms with van der Waals surface area (Å²) in [4.78, 5) is 21.2. The van der Waals surface area contributed by atoms with Gasteiger partial charge in [-0.1, -0.05) is 43.4 Å². The van der Waals surface area contributed by atoms with Crippen LogP contribution in [0.2, 0.25) is 0 Å². The largest absolute Gasteiger partial charge is 0.352 e. The fourth-order valence-electron chi connectivity index (χ4n) is 6.83. The molecule has 3 aliphatic rings. The van der Waals surface area contributed by atoms with E-state index in [0.717, 1.165) is 33.4 Å². The van der Waals surface area contributed by atoms with Gasteiger partial charge in [-0.15, -0.1) is 0 Å². The van der Waals surface area contributed by atoms with Crippen molar-refractivity contribution >= 4 is 39.5 Å². The quantitative estimate of drug-likeness (QED) is 0.260. The molecule has 4 aromatic heterocycles. The number of pyridine rings is 3. The van der Waals surface area contributed by atoms with Crippen molar-refractivity contribution in [1.82, 2.24) is 19.5 Å². The zero-order chi connectivity index (χ0) is 26.8. The summed E-state index contributed by atoms with van der Waals surface area (Å²) >= 11 is 0. The predicted molar refractivity (Wildman–Crippen MR) is 162 cm³/mol. The van der Waals surface area contributed by atoms with E-state index in [2.05, 4.69) is 106 Å². The van der Waals surface area contributed by atoms with E-state index in [1.807, 2.05) is 43.0 Å². The average molecular weight is 521 g/mol. The maximum atomic E-state index is 4.78. The summed E-state index contributed by atoms with van der Waals surface area (Å²) in [5, 5.41) is 1.06. The topological polar surface area (TPSA) is 59.2 Å². The van der Waals surface area contributed by atoms with Crippen LogP contribution in [0, 0.1) is 5.92 Å². The highest BCUT2D eigenvalue weighted by molar-refractivity contribution is 6.05. The van der Waals surface area contributed by atoms with Crippen molar-refractivity contribution < 1.29 is 0 Å². The minimum absolute atomic E-state index is 0.199.